The minimum atomic E-state index is 0. The van der Waals surface area contributed by atoms with Gasteiger partial charge in [0.25, 0.3) is 0 Å². The van der Waals surface area contributed by atoms with E-state index in [2.05, 4.69) is 40.4 Å². The fourth-order valence-electron chi connectivity index (χ4n) is 3.29. The van der Waals surface area contributed by atoms with E-state index in [4.69, 9.17) is 14.2 Å². The number of ether oxygens (including phenoxy) is 3. The highest BCUT2D eigenvalue weighted by Gasteiger charge is 2.23. The van der Waals surface area contributed by atoms with Crippen molar-refractivity contribution in [1.29, 1.82) is 0 Å². The summed E-state index contributed by atoms with van der Waals surface area (Å²) in [6.07, 6.45) is 0. The summed E-state index contributed by atoms with van der Waals surface area (Å²) in [7, 11) is 3.48. The molecule has 1 fully saturated rings. The highest BCUT2D eigenvalue weighted by atomic mass is 127. The Labute approximate surface area is 192 Å². The molecule has 0 radical (unpaired) electrons. The molecule has 1 aliphatic heterocycles. The lowest BCUT2D eigenvalue weighted by molar-refractivity contribution is 0.00752. The van der Waals surface area contributed by atoms with Gasteiger partial charge in [-0.1, -0.05) is 26.0 Å². The summed E-state index contributed by atoms with van der Waals surface area (Å²) in [6.45, 7) is 10.8. The van der Waals surface area contributed by atoms with Crippen LogP contribution in [0.4, 0.5) is 0 Å². The second-order valence-corrected chi connectivity index (χ2v) is 7.26. The molecular weight excluding hydrogens is 483 g/mol. The molecular formula is C21H37IN4O3. The van der Waals surface area contributed by atoms with Gasteiger partial charge in [0, 0.05) is 46.4 Å². The van der Waals surface area contributed by atoms with Gasteiger partial charge in [0.2, 0.25) is 0 Å². The zero-order valence-electron chi connectivity index (χ0n) is 18.1. The number of hydrogen-bond acceptors (Lipinski definition) is 5. The number of rotatable bonds is 10. The van der Waals surface area contributed by atoms with Crippen molar-refractivity contribution in [2.75, 3.05) is 60.2 Å². The van der Waals surface area contributed by atoms with Crippen LogP contribution in [-0.2, 0) is 16.0 Å². The van der Waals surface area contributed by atoms with Crippen LogP contribution in [0.2, 0.25) is 0 Å². The molecule has 29 heavy (non-hydrogen) atoms. The summed E-state index contributed by atoms with van der Waals surface area (Å²) in [6, 6.07) is 8.54. The molecule has 1 aromatic carbocycles. The number of aliphatic imine (C=N–C) groups is 1. The highest BCUT2D eigenvalue weighted by Crippen LogP contribution is 2.14. The van der Waals surface area contributed by atoms with Crippen molar-refractivity contribution in [2.45, 2.75) is 26.4 Å². The number of methoxy groups -OCH3 is 1. The third kappa shape index (κ3) is 9.50. The first-order chi connectivity index (χ1) is 13.6. The number of halogens is 1. The molecule has 0 aliphatic carbocycles. The fraction of sp³-hybridized carbons (Fsp3) is 0.667. The average Bonchev–Trinajstić information content (AvgIpc) is 2.71. The first-order valence-electron chi connectivity index (χ1n) is 10.1. The number of nitrogens with one attached hydrogen (secondary N) is 2. The Bertz CT molecular complexity index is 595. The quantitative estimate of drug-likeness (QED) is 0.214. The molecule has 0 amide bonds. The van der Waals surface area contributed by atoms with Gasteiger partial charge in [0.15, 0.2) is 5.96 Å². The van der Waals surface area contributed by atoms with Gasteiger partial charge in [0.05, 0.1) is 19.8 Å². The van der Waals surface area contributed by atoms with Crippen molar-refractivity contribution in [3.8, 4) is 5.75 Å². The van der Waals surface area contributed by atoms with Crippen LogP contribution >= 0.6 is 24.0 Å². The average molecular weight is 520 g/mol. The molecule has 0 aromatic heterocycles. The van der Waals surface area contributed by atoms with E-state index in [1.165, 1.54) is 0 Å². The van der Waals surface area contributed by atoms with Crippen molar-refractivity contribution in [3.63, 3.8) is 0 Å². The standard InChI is InChI=1S/C21H36N4O3.HI/c1-17(2)20(25-8-10-27-11-9-25)16-24-21(22-3)23-15-18-6-5-7-19(14-18)28-13-12-26-4;/h5-7,14,17,20H,8-13,15-16H2,1-4H3,(H2,22,23,24);1H. The van der Waals surface area contributed by atoms with Crippen LogP contribution < -0.4 is 15.4 Å². The molecule has 1 heterocycles. The second kappa shape index (κ2) is 14.8. The Morgan fingerprint density at radius 2 is 1.97 bits per heavy atom. The molecule has 1 aromatic rings. The smallest absolute Gasteiger partial charge is 0.191 e. The van der Waals surface area contributed by atoms with Crippen LogP contribution in [0.15, 0.2) is 29.3 Å². The van der Waals surface area contributed by atoms with Crippen LogP contribution in [0.1, 0.15) is 19.4 Å². The predicted molar refractivity (Wildman–Crippen MR) is 128 cm³/mol. The van der Waals surface area contributed by atoms with E-state index in [-0.39, 0.29) is 24.0 Å². The van der Waals surface area contributed by atoms with Crippen LogP contribution in [0.25, 0.3) is 0 Å². The van der Waals surface area contributed by atoms with Crippen LogP contribution in [0.5, 0.6) is 5.75 Å². The highest BCUT2D eigenvalue weighted by molar-refractivity contribution is 14.0. The maximum atomic E-state index is 5.68. The van der Waals surface area contributed by atoms with E-state index in [9.17, 15) is 0 Å². The summed E-state index contributed by atoms with van der Waals surface area (Å²) in [5, 5.41) is 6.88. The number of hydrogen-bond donors (Lipinski definition) is 2. The minimum absolute atomic E-state index is 0. The maximum absolute atomic E-state index is 5.68. The first-order valence-corrected chi connectivity index (χ1v) is 10.1. The van der Waals surface area contributed by atoms with E-state index in [0.717, 1.165) is 50.1 Å². The third-order valence-electron chi connectivity index (χ3n) is 4.90. The number of nitrogens with zero attached hydrogens (tertiary/aromatic N) is 2. The van der Waals surface area contributed by atoms with Gasteiger partial charge in [-0.3, -0.25) is 9.89 Å². The topological polar surface area (TPSA) is 67.4 Å². The van der Waals surface area contributed by atoms with Gasteiger partial charge >= 0.3 is 0 Å². The monoisotopic (exact) mass is 520 g/mol. The number of guanidine groups is 1. The van der Waals surface area contributed by atoms with Crippen LogP contribution in [0, 0.1) is 5.92 Å². The Morgan fingerprint density at radius 1 is 1.21 bits per heavy atom. The molecule has 8 heteroatoms. The van der Waals surface area contributed by atoms with E-state index in [1.54, 1.807) is 14.2 Å². The predicted octanol–water partition coefficient (Wildman–Crippen LogP) is 2.35. The molecule has 1 atom stereocenters. The van der Waals surface area contributed by atoms with E-state index in [0.29, 0.717) is 31.7 Å². The SMILES string of the molecule is CN=C(NCc1cccc(OCCOC)c1)NCC(C(C)C)N1CCOCC1.I. The molecule has 1 aliphatic rings. The van der Waals surface area contributed by atoms with Crippen molar-refractivity contribution in [3.05, 3.63) is 29.8 Å². The summed E-state index contributed by atoms with van der Waals surface area (Å²) < 4.78 is 16.2. The van der Waals surface area contributed by atoms with Gasteiger partial charge in [-0.25, -0.2) is 0 Å². The fourth-order valence-corrected chi connectivity index (χ4v) is 3.29. The Balaban J connectivity index is 0.00000420. The molecule has 166 valence electrons. The van der Waals surface area contributed by atoms with E-state index < -0.39 is 0 Å². The lowest BCUT2D eigenvalue weighted by Crippen LogP contribution is -2.52. The Hall–Kier alpha value is -1.10. The molecule has 1 unspecified atom stereocenters. The maximum Gasteiger partial charge on any atom is 0.191 e. The molecule has 7 nitrogen and oxygen atoms in total. The van der Waals surface area contributed by atoms with Gasteiger partial charge in [-0.05, 0) is 23.6 Å². The summed E-state index contributed by atoms with van der Waals surface area (Å²) >= 11 is 0. The number of benzene rings is 1. The molecule has 0 bridgehead atoms. The molecule has 1 saturated heterocycles. The normalized spacial score (nSPS) is 16.2. The van der Waals surface area contributed by atoms with E-state index >= 15 is 0 Å². The van der Waals surface area contributed by atoms with Gasteiger partial charge in [-0.2, -0.15) is 0 Å². The minimum Gasteiger partial charge on any atom is -0.491 e. The number of morpholine rings is 1. The van der Waals surface area contributed by atoms with Crippen molar-refractivity contribution in [1.82, 2.24) is 15.5 Å². The van der Waals surface area contributed by atoms with Crippen molar-refractivity contribution < 1.29 is 14.2 Å². The van der Waals surface area contributed by atoms with Crippen LogP contribution in [0.3, 0.4) is 0 Å². The summed E-state index contributed by atoms with van der Waals surface area (Å²) in [4.78, 5) is 6.88. The van der Waals surface area contributed by atoms with Crippen LogP contribution in [-0.4, -0.2) is 77.1 Å². The Morgan fingerprint density at radius 3 is 2.62 bits per heavy atom. The third-order valence-corrected chi connectivity index (χ3v) is 4.90. The van der Waals surface area contributed by atoms with Gasteiger partial charge < -0.3 is 24.8 Å². The summed E-state index contributed by atoms with van der Waals surface area (Å²) in [5.41, 5.74) is 1.14. The van der Waals surface area contributed by atoms with Gasteiger partial charge in [-0.15, -0.1) is 24.0 Å². The lowest BCUT2D eigenvalue weighted by Gasteiger charge is -2.37. The van der Waals surface area contributed by atoms with Gasteiger partial charge in [0.1, 0.15) is 12.4 Å². The Kier molecular flexibility index (Phi) is 13.2. The molecule has 2 N–H and O–H groups in total. The first kappa shape index (κ1) is 25.9. The van der Waals surface area contributed by atoms with Crippen molar-refractivity contribution in [2.24, 2.45) is 10.9 Å². The van der Waals surface area contributed by atoms with E-state index in [1.807, 2.05) is 18.2 Å². The second-order valence-electron chi connectivity index (χ2n) is 7.26. The lowest BCUT2D eigenvalue weighted by atomic mass is 10.0. The molecule has 0 saturated carbocycles. The molecule has 2 rings (SSSR count). The molecule has 0 spiro atoms. The van der Waals surface area contributed by atoms with Crippen molar-refractivity contribution >= 4 is 29.9 Å². The zero-order valence-corrected chi connectivity index (χ0v) is 20.5. The summed E-state index contributed by atoms with van der Waals surface area (Å²) in [5.74, 6) is 2.22. The largest absolute Gasteiger partial charge is 0.491 e. The zero-order chi connectivity index (χ0) is 20.2.